The van der Waals surface area contributed by atoms with Gasteiger partial charge in [0, 0.05) is 12.1 Å². The molecule has 1 fully saturated rings. The van der Waals surface area contributed by atoms with Gasteiger partial charge in [0.1, 0.15) is 12.3 Å². The van der Waals surface area contributed by atoms with Crippen molar-refractivity contribution in [3.8, 4) is 5.75 Å². The van der Waals surface area contributed by atoms with Crippen molar-refractivity contribution >= 4 is 23.4 Å². The number of aryl methyl sites for hydroxylation is 1. The molecule has 1 saturated heterocycles. The summed E-state index contributed by atoms with van der Waals surface area (Å²) in [6, 6.07) is 6.05. The number of halogens is 3. The van der Waals surface area contributed by atoms with E-state index in [2.05, 4.69) is 20.4 Å². The van der Waals surface area contributed by atoms with Crippen molar-refractivity contribution < 1.29 is 32.2 Å². The van der Waals surface area contributed by atoms with Crippen LogP contribution in [0.15, 0.2) is 36.5 Å². The van der Waals surface area contributed by atoms with Crippen LogP contribution in [0.4, 0.5) is 29.5 Å². The Kier molecular flexibility index (Phi) is 5.92. The van der Waals surface area contributed by atoms with Gasteiger partial charge in [-0.2, -0.15) is 0 Å². The fourth-order valence-electron chi connectivity index (χ4n) is 3.61. The van der Waals surface area contributed by atoms with Gasteiger partial charge in [-0.25, -0.2) is 9.78 Å². The van der Waals surface area contributed by atoms with Crippen LogP contribution in [0.25, 0.3) is 0 Å². The molecular formula is C21H21F3N4O4. The predicted octanol–water partition coefficient (Wildman–Crippen LogP) is 3.53. The largest absolute Gasteiger partial charge is 0.573 e. The molecule has 1 atom stereocenters. The van der Waals surface area contributed by atoms with Gasteiger partial charge >= 0.3 is 12.4 Å². The monoisotopic (exact) mass is 450 g/mol. The zero-order valence-corrected chi connectivity index (χ0v) is 17.1. The summed E-state index contributed by atoms with van der Waals surface area (Å²) in [5, 5.41) is 5.59. The Morgan fingerprint density at radius 1 is 1.34 bits per heavy atom. The number of carbonyl (C=O) groups is 2. The number of ether oxygens (including phenoxy) is 2. The Hall–Kier alpha value is -3.34. The molecule has 0 spiro atoms. The summed E-state index contributed by atoms with van der Waals surface area (Å²) in [5.74, 6) is -0.173. The number of carbonyl (C=O) groups excluding carboxylic acids is 2. The Bertz CT molecular complexity index is 1010. The van der Waals surface area contributed by atoms with Gasteiger partial charge in [-0.3, -0.25) is 9.69 Å². The highest BCUT2D eigenvalue weighted by atomic mass is 19.4. The van der Waals surface area contributed by atoms with Crippen molar-refractivity contribution in [2.45, 2.75) is 25.7 Å². The van der Waals surface area contributed by atoms with E-state index in [4.69, 9.17) is 4.74 Å². The van der Waals surface area contributed by atoms with E-state index >= 15 is 0 Å². The number of hydrogen-bond acceptors (Lipinski definition) is 5. The SMILES string of the molecule is Cc1cnc2c(c1)NC(=O)CN2C(=O)NC(CC1COC1)c1ccc(OC(F)(F)F)cc1. The van der Waals surface area contributed by atoms with Crippen molar-refractivity contribution in [3.05, 3.63) is 47.7 Å². The molecule has 1 aromatic carbocycles. The molecule has 0 radical (unpaired) electrons. The quantitative estimate of drug-likeness (QED) is 0.727. The van der Waals surface area contributed by atoms with Gasteiger partial charge in [0.05, 0.1) is 24.9 Å². The van der Waals surface area contributed by atoms with Gasteiger partial charge in [-0.05, 0) is 42.7 Å². The summed E-state index contributed by atoms with van der Waals surface area (Å²) in [4.78, 5) is 30.7. The van der Waals surface area contributed by atoms with Crippen LogP contribution in [0.3, 0.4) is 0 Å². The molecule has 0 aliphatic carbocycles. The molecule has 11 heteroatoms. The second kappa shape index (κ2) is 8.65. The van der Waals surface area contributed by atoms with E-state index in [-0.39, 0.29) is 24.1 Å². The predicted molar refractivity (Wildman–Crippen MR) is 108 cm³/mol. The van der Waals surface area contributed by atoms with Crippen LogP contribution in [-0.4, -0.2) is 43.0 Å². The summed E-state index contributed by atoms with van der Waals surface area (Å²) in [6.07, 6.45) is -2.66. The van der Waals surface area contributed by atoms with Gasteiger partial charge in [0.25, 0.3) is 0 Å². The third-order valence-electron chi connectivity index (χ3n) is 5.17. The van der Waals surface area contributed by atoms with Crippen molar-refractivity contribution in [1.82, 2.24) is 10.3 Å². The number of nitrogens with zero attached hydrogens (tertiary/aromatic N) is 2. The highest BCUT2D eigenvalue weighted by molar-refractivity contribution is 6.08. The second-order valence-corrected chi connectivity index (χ2v) is 7.78. The van der Waals surface area contributed by atoms with Crippen LogP contribution in [0.5, 0.6) is 5.75 Å². The van der Waals surface area contributed by atoms with Crippen LogP contribution in [0.1, 0.15) is 23.6 Å². The lowest BCUT2D eigenvalue weighted by atomic mass is 9.93. The molecule has 170 valence electrons. The van der Waals surface area contributed by atoms with Crippen molar-refractivity contribution in [2.24, 2.45) is 5.92 Å². The molecule has 2 aromatic rings. The van der Waals surface area contributed by atoms with E-state index in [0.717, 1.165) is 5.56 Å². The number of urea groups is 1. The van der Waals surface area contributed by atoms with E-state index in [0.29, 0.717) is 36.7 Å². The lowest BCUT2D eigenvalue weighted by Gasteiger charge is -2.33. The number of pyridine rings is 1. The van der Waals surface area contributed by atoms with Crippen molar-refractivity contribution in [2.75, 3.05) is 30.0 Å². The van der Waals surface area contributed by atoms with Crippen LogP contribution >= 0.6 is 0 Å². The number of benzene rings is 1. The molecule has 32 heavy (non-hydrogen) atoms. The third-order valence-corrected chi connectivity index (χ3v) is 5.17. The molecule has 3 amide bonds. The molecule has 4 rings (SSSR count). The standard InChI is InChI=1S/C21H21F3N4O4/c1-12-6-17-19(25-8-12)28(9-18(29)26-17)20(30)27-16(7-13-10-31-11-13)14-2-4-15(5-3-14)32-21(22,23)24/h2-6,8,13,16H,7,9-11H2,1H3,(H,26,29)(H,27,30). The normalized spacial score (nSPS) is 17.1. The Morgan fingerprint density at radius 2 is 2.06 bits per heavy atom. The molecule has 2 N–H and O–H groups in total. The molecule has 8 nitrogen and oxygen atoms in total. The van der Waals surface area contributed by atoms with Crippen LogP contribution in [0.2, 0.25) is 0 Å². The summed E-state index contributed by atoms with van der Waals surface area (Å²) >= 11 is 0. The number of amides is 3. The van der Waals surface area contributed by atoms with E-state index < -0.39 is 18.4 Å². The van der Waals surface area contributed by atoms with Crippen LogP contribution in [-0.2, 0) is 9.53 Å². The molecule has 0 saturated carbocycles. The van der Waals surface area contributed by atoms with E-state index in [1.807, 2.05) is 6.92 Å². The Morgan fingerprint density at radius 3 is 2.69 bits per heavy atom. The minimum absolute atomic E-state index is 0.198. The minimum Gasteiger partial charge on any atom is -0.406 e. The van der Waals surface area contributed by atoms with Crippen LogP contribution < -0.4 is 20.3 Å². The lowest BCUT2D eigenvalue weighted by Crippen LogP contribution is -2.49. The van der Waals surface area contributed by atoms with Crippen molar-refractivity contribution in [1.29, 1.82) is 0 Å². The summed E-state index contributed by atoms with van der Waals surface area (Å²) in [7, 11) is 0. The maximum Gasteiger partial charge on any atom is 0.573 e. The first-order chi connectivity index (χ1) is 15.2. The third kappa shape index (κ3) is 5.10. The highest BCUT2D eigenvalue weighted by Crippen LogP contribution is 2.31. The molecule has 2 aliphatic rings. The van der Waals surface area contributed by atoms with Crippen molar-refractivity contribution in [3.63, 3.8) is 0 Å². The number of alkyl halides is 3. The number of fused-ring (bicyclic) bond motifs is 1. The van der Waals surface area contributed by atoms with Gasteiger partial charge in [-0.1, -0.05) is 12.1 Å². The fourth-order valence-corrected chi connectivity index (χ4v) is 3.61. The van der Waals surface area contributed by atoms with Gasteiger partial charge < -0.3 is 20.1 Å². The summed E-state index contributed by atoms with van der Waals surface area (Å²) in [5.41, 5.74) is 1.88. The molecular weight excluding hydrogens is 429 g/mol. The van der Waals surface area contributed by atoms with E-state index in [9.17, 15) is 22.8 Å². The van der Waals surface area contributed by atoms with E-state index in [1.165, 1.54) is 29.2 Å². The fraction of sp³-hybridized carbons (Fsp3) is 0.381. The molecule has 0 bridgehead atoms. The van der Waals surface area contributed by atoms with Gasteiger partial charge in [0.2, 0.25) is 5.91 Å². The summed E-state index contributed by atoms with van der Waals surface area (Å²) in [6.45, 7) is 2.70. The number of hydrogen-bond donors (Lipinski definition) is 2. The Labute approximate surface area is 181 Å². The number of aromatic nitrogens is 1. The number of anilines is 2. The average Bonchev–Trinajstić information content (AvgIpc) is 2.68. The maximum atomic E-state index is 13.1. The first kappa shape index (κ1) is 21.9. The highest BCUT2D eigenvalue weighted by Gasteiger charge is 2.33. The maximum absolute atomic E-state index is 13.1. The lowest BCUT2D eigenvalue weighted by molar-refractivity contribution is -0.274. The molecule has 3 heterocycles. The zero-order chi connectivity index (χ0) is 22.9. The minimum atomic E-state index is -4.79. The smallest absolute Gasteiger partial charge is 0.406 e. The van der Waals surface area contributed by atoms with E-state index in [1.54, 1.807) is 12.3 Å². The first-order valence-electron chi connectivity index (χ1n) is 9.96. The average molecular weight is 450 g/mol. The molecule has 1 aromatic heterocycles. The number of rotatable bonds is 5. The van der Waals surface area contributed by atoms with Crippen LogP contribution in [0, 0.1) is 12.8 Å². The molecule has 2 aliphatic heterocycles. The van der Waals surface area contributed by atoms with Gasteiger partial charge in [0.15, 0.2) is 5.82 Å². The first-order valence-corrected chi connectivity index (χ1v) is 9.96. The van der Waals surface area contributed by atoms with Gasteiger partial charge in [-0.15, -0.1) is 13.2 Å². The topological polar surface area (TPSA) is 92.8 Å². The number of nitrogens with one attached hydrogen (secondary N) is 2. The molecule has 1 unspecified atom stereocenters. The Balaban J connectivity index is 1.54. The summed E-state index contributed by atoms with van der Waals surface area (Å²) < 4.78 is 46.5. The second-order valence-electron chi connectivity index (χ2n) is 7.78. The zero-order valence-electron chi connectivity index (χ0n) is 17.1.